The lowest BCUT2D eigenvalue weighted by Gasteiger charge is -2.32. The first-order valence-electron chi connectivity index (χ1n) is 8.98. The van der Waals surface area contributed by atoms with E-state index in [0.29, 0.717) is 31.4 Å². The minimum absolute atomic E-state index is 0.0246. The van der Waals surface area contributed by atoms with Gasteiger partial charge < -0.3 is 14.4 Å². The molecule has 1 saturated heterocycles. The van der Waals surface area contributed by atoms with E-state index in [4.69, 9.17) is 9.47 Å². The summed E-state index contributed by atoms with van der Waals surface area (Å²) in [6.45, 7) is 2.67. The number of hydrogen-bond donors (Lipinski definition) is 0. The fraction of sp³-hybridized carbons (Fsp3) is 0.381. The van der Waals surface area contributed by atoms with Crippen LogP contribution in [0, 0.1) is 11.7 Å². The molecule has 1 aliphatic heterocycles. The summed E-state index contributed by atoms with van der Waals surface area (Å²) in [6.07, 6.45) is 2.04. The Morgan fingerprint density at radius 1 is 1.12 bits per heavy atom. The van der Waals surface area contributed by atoms with Gasteiger partial charge in [-0.3, -0.25) is 4.79 Å². The predicted octanol–water partition coefficient (Wildman–Crippen LogP) is 3.66. The number of hydrogen-bond acceptors (Lipinski definition) is 3. The molecule has 1 amide bonds. The number of carbonyl (C=O) groups is 1. The summed E-state index contributed by atoms with van der Waals surface area (Å²) in [7, 11) is 0. The largest absolute Gasteiger partial charge is 0.484 e. The molecule has 138 valence electrons. The quantitative estimate of drug-likeness (QED) is 0.759. The van der Waals surface area contributed by atoms with E-state index >= 15 is 0 Å². The van der Waals surface area contributed by atoms with E-state index in [1.807, 2.05) is 35.2 Å². The van der Waals surface area contributed by atoms with Gasteiger partial charge in [0.2, 0.25) is 0 Å². The molecular formula is C21H24FNO3. The Bertz CT molecular complexity index is 690. The second kappa shape index (κ2) is 9.34. The van der Waals surface area contributed by atoms with Gasteiger partial charge in [-0.05, 0) is 48.6 Å². The molecule has 2 aromatic carbocycles. The van der Waals surface area contributed by atoms with Crippen LogP contribution in [0.1, 0.15) is 18.4 Å². The fourth-order valence-electron chi connectivity index (χ4n) is 3.11. The van der Waals surface area contributed by atoms with E-state index in [2.05, 4.69) is 0 Å². The third-order valence-corrected chi connectivity index (χ3v) is 4.51. The van der Waals surface area contributed by atoms with Gasteiger partial charge in [0.15, 0.2) is 6.61 Å². The maximum Gasteiger partial charge on any atom is 0.260 e. The Kier molecular flexibility index (Phi) is 6.61. The average molecular weight is 357 g/mol. The van der Waals surface area contributed by atoms with Gasteiger partial charge in [-0.15, -0.1) is 0 Å². The van der Waals surface area contributed by atoms with Gasteiger partial charge in [-0.2, -0.15) is 0 Å². The topological polar surface area (TPSA) is 38.8 Å². The second-order valence-electron chi connectivity index (χ2n) is 6.59. The molecule has 0 saturated carbocycles. The van der Waals surface area contributed by atoms with Gasteiger partial charge in [0.1, 0.15) is 11.6 Å². The van der Waals surface area contributed by atoms with Gasteiger partial charge >= 0.3 is 0 Å². The van der Waals surface area contributed by atoms with Gasteiger partial charge in [0.25, 0.3) is 5.91 Å². The lowest BCUT2D eigenvalue weighted by Crippen LogP contribution is -2.43. The summed E-state index contributed by atoms with van der Waals surface area (Å²) in [5.74, 6) is 0.488. The SMILES string of the molecule is O=C(COc1ccc(F)cc1)N1CCCC(COCc2ccccc2)C1. The normalized spacial score (nSPS) is 17.1. The highest BCUT2D eigenvalue weighted by Gasteiger charge is 2.24. The molecule has 0 N–H and O–H groups in total. The van der Waals surface area contributed by atoms with Crippen LogP contribution in [0.25, 0.3) is 0 Å². The number of amides is 1. The van der Waals surface area contributed by atoms with Crippen LogP contribution >= 0.6 is 0 Å². The molecule has 2 aromatic rings. The molecule has 3 rings (SSSR count). The zero-order chi connectivity index (χ0) is 18.2. The Hall–Kier alpha value is -2.40. The maximum atomic E-state index is 12.9. The van der Waals surface area contributed by atoms with Crippen molar-refractivity contribution in [1.82, 2.24) is 4.90 Å². The Morgan fingerprint density at radius 2 is 1.88 bits per heavy atom. The van der Waals surface area contributed by atoms with Crippen LogP contribution in [-0.4, -0.2) is 37.1 Å². The number of halogens is 1. The van der Waals surface area contributed by atoms with E-state index in [1.54, 1.807) is 0 Å². The van der Waals surface area contributed by atoms with Crippen molar-refractivity contribution in [2.75, 3.05) is 26.3 Å². The summed E-state index contributed by atoms with van der Waals surface area (Å²) in [5, 5.41) is 0. The molecule has 0 aliphatic carbocycles. The van der Waals surface area contributed by atoms with Crippen molar-refractivity contribution in [3.8, 4) is 5.75 Å². The van der Waals surface area contributed by atoms with Gasteiger partial charge in [-0.25, -0.2) is 4.39 Å². The number of nitrogens with zero attached hydrogens (tertiary/aromatic N) is 1. The van der Waals surface area contributed by atoms with E-state index in [0.717, 1.165) is 24.9 Å². The van der Waals surface area contributed by atoms with Crippen molar-refractivity contribution in [3.63, 3.8) is 0 Å². The van der Waals surface area contributed by atoms with Crippen LogP contribution in [0.4, 0.5) is 4.39 Å². The minimum Gasteiger partial charge on any atom is -0.484 e. The molecule has 0 bridgehead atoms. The van der Waals surface area contributed by atoms with E-state index in [-0.39, 0.29) is 18.3 Å². The molecular weight excluding hydrogens is 333 g/mol. The molecule has 0 spiro atoms. The zero-order valence-corrected chi connectivity index (χ0v) is 14.8. The Labute approximate surface area is 153 Å². The van der Waals surface area contributed by atoms with Crippen LogP contribution in [0.5, 0.6) is 5.75 Å². The van der Waals surface area contributed by atoms with Crippen molar-refractivity contribution in [2.45, 2.75) is 19.4 Å². The smallest absolute Gasteiger partial charge is 0.260 e. The average Bonchev–Trinajstić information content (AvgIpc) is 2.68. The molecule has 26 heavy (non-hydrogen) atoms. The highest BCUT2D eigenvalue weighted by atomic mass is 19.1. The number of carbonyl (C=O) groups excluding carboxylic acids is 1. The predicted molar refractivity (Wildman–Crippen MR) is 97.3 cm³/mol. The third-order valence-electron chi connectivity index (χ3n) is 4.51. The van der Waals surface area contributed by atoms with Crippen LogP contribution in [-0.2, 0) is 16.1 Å². The molecule has 1 fully saturated rings. The lowest BCUT2D eigenvalue weighted by molar-refractivity contribution is -0.135. The van der Waals surface area contributed by atoms with E-state index in [9.17, 15) is 9.18 Å². The maximum absolute atomic E-state index is 12.9. The Morgan fingerprint density at radius 3 is 2.65 bits per heavy atom. The summed E-state index contributed by atoms with van der Waals surface area (Å²) >= 11 is 0. The van der Waals surface area contributed by atoms with Crippen LogP contribution in [0.3, 0.4) is 0 Å². The number of ether oxygens (including phenoxy) is 2. The monoisotopic (exact) mass is 357 g/mol. The van der Waals surface area contributed by atoms with Gasteiger partial charge in [0, 0.05) is 13.1 Å². The lowest BCUT2D eigenvalue weighted by atomic mass is 9.99. The van der Waals surface area contributed by atoms with Crippen molar-refractivity contribution < 1.29 is 18.7 Å². The van der Waals surface area contributed by atoms with Gasteiger partial charge in [-0.1, -0.05) is 30.3 Å². The van der Waals surface area contributed by atoms with Crippen LogP contribution < -0.4 is 4.74 Å². The molecule has 4 nitrogen and oxygen atoms in total. The highest BCUT2D eigenvalue weighted by Crippen LogP contribution is 2.18. The van der Waals surface area contributed by atoms with Crippen molar-refractivity contribution >= 4 is 5.91 Å². The molecule has 0 radical (unpaired) electrons. The molecule has 1 aliphatic rings. The third kappa shape index (κ3) is 5.56. The summed E-state index contributed by atoms with van der Waals surface area (Å²) in [6, 6.07) is 15.8. The highest BCUT2D eigenvalue weighted by molar-refractivity contribution is 5.77. The molecule has 1 heterocycles. The van der Waals surface area contributed by atoms with Crippen molar-refractivity contribution in [2.24, 2.45) is 5.92 Å². The molecule has 5 heteroatoms. The first-order valence-corrected chi connectivity index (χ1v) is 8.98. The summed E-state index contributed by atoms with van der Waals surface area (Å²) in [5.41, 5.74) is 1.16. The molecule has 0 aromatic heterocycles. The fourth-order valence-corrected chi connectivity index (χ4v) is 3.11. The number of benzene rings is 2. The number of likely N-dealkylation sites (tertiary alicyclic amines) is 1. The van der Waals surface area contributed by atoms with Crippen LogP contribution in [0.15, 0.2) is 54.6 Å². The second-order valence-corrected chi connectivity index (χ2v) is 6.59. The zero-order valence-electron chi connectivity index (χ0n) is 14.8. The van der Waals surface area contributed by atoms with E-state index < -0.39 is 0 Å². The van der Waals surface area contributed by atoms with Crippen molar-refractivity contribution in [3.05, 3.63) is 66.0 Å². The minimum atomic E-state index is -0.321. The first kappa shape index (κ1) is 18.4. The molecule has 1 atom stereocenters. The van der Waals surface area contributed by atoms with E-state index in [1.165, 1.54) is 24.3 Å². The standard InChI is InChI=1S/C21H24FNO3/c22-19-8-10-20(11-9-19)26-16-21(24)23-12-4-7-18(13-23)15-25-14-17-5-2-1-3-6-17/h1-3,5-6,8-11,18H,4,7,12-16H2. The van der Waals surface area contributed by atoms with Crippen molar-refractivity contribution in [1.29, 1.82) is 0 Å². The van der Waals surface area contributed by atoms with Crippen LogP contribution in [0.2, 0.25) is 0 Å². The number of rotatable bonds is 7. The first-order chi connectivity index (χ1) is 12.7. The Balaban J connectivity index is 1.40. The van der Waals surface area contributed by atoms with Gasteiger partial charge in [0.05, 0.1) is 13.2 Å². The number of piperidine rings is 1. The molecule has 1 unspecified atom stereocenters. The summed E-state index contributed by atoms with van der Waals surface area (Å²) < 4.78 is 24.2. The summed E-state index contributed by atoms with van der Waals surface area (Å²) in [4.78, 5) is 14.2.